The van der Waals surface area contributed by atoms with Crippen molar-refractivity contribution < 1.29 is 4.74 Å². The number of hydrogen-bond donors (Lipinski definition) is 2. The maximum absolute atomic E-state index is 5.71. The van der Waals surface area contributed by atoms with Gasteiger partial charge in [-0.05, 0) is 25.0 Å². The normalized spacial score (nSPS) is 10.7. The zero-order valence-corrected chi connectivity index (χ0v) is 14.0. The van der Waals surface area contributed by atoms with Crippen LogP contribution in [-0.4, -0.2) is 25.7 Å². The number of aryl methyl sites for hydroxylation is 1. The standard InChI is InChI=1S/C14H23N3O.HI/c1-3-4-9-16-14(15)17-10-11-18-13-8-6-5-7-12(13)2;/h5-8H,3-4,9-11H2,1-2H3,(H3,15,16,17);1H. The molecule has 108 valence electrons. The van der Waals surface area contributed by atoms with Gasteiger partial charge in [0.05, 0.1) is 6.54 Å². The summed E-state index contributed by atoms with van der Waals surface area (Å²) >= 11 is 0. The van der Waals surface area contributed by atoms with Gasteiger partial charge in [-0.1, -0.05) is 31.5 Å². The number of para-hydroxylation sites is 1. The van der Waals surface area contributed by atoms with E-state index in [1.807, 2.05) is 31.2 Å². The molecule has 0 saturated heterocycles. The lowest BCUT2D eigenvalue weighted by molar-refractivity contribution is 0.320. The molecule has 0 bridgehead atoms. The molecule has 4 nitrogen and oxygen atoms in total. The molecule has 0 unspecified atom stereocenters. The number of hydrogen-bond acceptors (Lipinski definition) is 2. The summed E-state index contributed by atoms with van der Waals surface area (Å²) in [4.78, 5) is 4.20. The number of rotatable bonds is 7. The van der Waals surface area contributed by atoms with Crippen LogP contribution in [0.15, 0.2) is 29.3 Å². The predicted molar refractivity (Wildman–Crippen MR) is 91.5 cm³/mol. The van der Waals surface area contributed by atoms with Crippen LogP contribution in [0.1, 0.15) is 25.3 Å². The molecular weight excluding hydrogens is 353 g/mol. The van der Waals surface area contributed by atoms with Gasteiger partial charge in [0.25, 0.3) is 0 Å². The van der Waals surface area contributed by atoms with Crippen molar-refractivity contribution in [3.63, 3.8) is 0 Å². The van der Waals surface area contributed by atoms with Crippen LogP contribution in [0.2, 0.25) is 0 Å². The first-order valence-corrected chi connectivity index (χ1v) is 6.46. The Morgan fingerprint density at radius 3 is 2.79 bits per heavy atom. The summed E-state index contributed by atoms with van der Waals surface area (Å²) in [6.45, 7) is 6.19. The zero-order chi connectivity index (χ0) is 13.2. The summed E-state index contributed by atoms with van der Waals surface area (Å²) in [5.74, 6) is 1.41. The number of nitrogens with zero attached hydrogens (tertiary/aromatic N) is 1. The molecule has 0 saturated carbocycles. The number of unbranched alkanes of at least 4 members (excludes halogenated alkanes) is 1. The van der Waals surface area contributed by atoms with Crippen LogP contribution in [0.3, 0.4) is 0 Å². The maximum Gasteiger partial charge on any atom is 0.188 e. The predicted octanol–water partition coefficient (Wildman–Crippen LogP) is 2.70. The van der Waals surface area contributed by atoms with E-state index in [4.69, 9.17) is 10.5 Å². The minimum absolute atomic E-state index is 0. The zero-order valence-electron chi connectivity index (χ0n) is 11.7. The molecule has 0 radical (unpaired) electrons. The lowest BCUT2D eigenvalue weighted by Gasteiger charge is -2.09. The minimum Gasteiger partial charge on any atom is -0.491 e. The molecule has 1 aromatic carbocycles. The van der Waals surface area contributed by atoms with Gasteiger partial charge in [-0.2, -0.15) is 0 Å². The number of aliphatic imine (C=N–C) groups is 1. The Bertz CT molecular complexity index is 383. The topological polar surface area (TPSA) is 59.6 Å². The fourth-order valence-corrected chi connectivity index (χ4v) is 1.47. The molecule has 0 spiro atoms. The summed E-state index contributed by atoms with van der Waals surface area (Å²) in [7, 11) is 0. The van der Waals surface area contributed by atoms with Crippen LogP contribution < -0.4 is 15.8 Å². The van der Waals surface area contributed by atoms with Crippen LogP contribution in [0.5, 0.6) is 5.75 Å². The average molecular weight is 377 g/mol. The molecule has 3 N–H and O–H groups in total. The lowest BCUT2D eigenvalue weighted by Crippen LogP contribution is -2.34. The van der Waals surface area contributed by atoms with E-state index in [1.54, 1.807) is 0 Å². The van der Waals surface area contributed by atoms with E-state index in [1.165, 1.54) is 0 Å². The smallest absolute Gasteiger partial charge is 0.188 e. The highest BCUT2D eigenvalue weighted by Gasteiger charge is 1.97. The van der Waals surface area contributed by atoms with Crippen LogP contribution in [0.25, 0.3) is 0 Å². The molecule has 0 heterocycles. The van der Waals surface area contributed by atoms with Crippen molar-refractivity contribution in [3.8, 4) is 5.75 Å². The fraction of sp³-hybridized carbons (Fsp3) is 0.500. The van der Waals surface area contributed by atoms with Crippen molar-refractivity contribution >= 4 is 29.9 Å². The number of nitrogens with two attached hydrogens (primary N) is 1. The fourth-order valence-electron chi connectivity index (χ4n) is 1.47. The second kappa shape index (κ2) is 10.9. The van der Waals surface area contributed by atoms with Gasteiger partial charge >= 0.3 is 0 Å². The highest BCUT2D eigenvalue weighted by atomic mass is 127. The maximum atomic E-state index is 5.71. The summed E-state index contributed by atoms with van der Waals surface area (Å²) in [6.07, 6.45) is 2.20. The van der Waals surface area contributed by atoms with E-state index in [0.717, 1.165) is 30.7 Å². The van der Waals surface area contributed by atoms with E-state index in [9.17, 15) is 0 Å². The summed E-state index contributed by atoms with van der Waals surface area (Å²) < 4.78 is 5.64. The molecule has 1 rings (SSSR count). The van der Waals surface area contributed by atoms with Gasteiger partial charge in [0.2, 0.25) is 0 Å². The van der Waals surface area contributed by atoms with Crippen molar-refractivity contribution in [2.75, 3.05) is 19.7 Å². The molecule has 0 aliphatic heterocycles. The highest BCUT2D eigenvalue weighted by molar-refractivity contribution is 14.0. The first-order chi connectivity index (χ1) is 8.74. The largest absolute Gasteiger partial charge is 0.491 e. The van der Waals surface area contributed by atoms with E-state index in [2.05, 4.69) is 17.2 Å². The van der Waals surface area contributed by atoms with Gasteiger partial charge in [-0.3, -0.25) is 4.99 Å². The van der Waals surface area contributed by atoms with E-state index < -0.39 is 0 Å². The monoisotopic (exact) mass is 377 g/mol. The average Bonchev–Trinajstić information content (AvgIpc) is 2.37. The van der Waals surface area contributed by atoms with E-state index in [-0.39, 0.29) is 24.0 Å². The SMILES string of the molecule is CCCCN=C(N)NCCOc1ccccc1C.I. The molecule has 5 heteroatoms. The Kier molecular flexibility index (Phi) is 10.3. The second-order valence-electron chi connectivity index (χ2n) is 4.16. The molecule has 0 amide bonds. The van der Waals surface area contributed by atoms with E-state index in [0.29, 0.717) is 19.1 Å². The molecule has 19 heavy (non-hydrogen) atoms. The number of halogens is 1. The van der Waals surface area contributed by atoms with E-state index >= 15 is 0 Å². The van der Waals surface area contributed by atoms with Crippen LogP contribution in [-0.2, 0) is 0 Å². The minimum atomic E-state index is 0. The van der Waals surface area contributed by atoms with Crippen molar-refractivity contribution in [1.82, 2.24) is 5.32 Å². The Balaban J connectivity index is 0.00000324. The second-order valence-corrected chi connectivity index (χ2v) is 4.16. The molecule has 1 aromatic rings. The highest BCUT2D eigenvalue weighted by Crippen LogP contribution is 2.15. The van der Waals surface area contributed by atoms with Gasteiger partial charge < -0.3 is 15.8 Å². The number of nitrogens with one attached hydrogen (secondary N) is 1. The Hall–Kier alpha value is -0.980. The first kappa shape index (κ1) is 18.0. The van der Waals surface area contributed by atoms with Crippen LogP contribution in [0.4, 0.5) is 0 Å². The van der Waals surface area contributed by atoms with Gasteiger partial charge in [0, 0.05) is 6.54 Å². The van der Waals surface area contributed by atoms with Crippen LogP contribution >= 0.6 is 24.0 Å². The van der Waals surface area contributed by atoms with Crippen molar-refractivity contribution in [2.45, 2.75) is 26.7 Å². The Morgan fingerprint density at radius 1 is 1.37 bits per heavy atom. The molecule has 0 aromatic heterocycles. The van der Waals surface area contributed by atoms with Gasteiger partial charge in [-0.25, -0.2) is 0 Å². The summed E-state index contributed by atoms with van der Waals surface area (Å²) in [6, 6.07) is 7.96. The molecular formula is C14H24IN3O. The van der Waals surface area contributed by atoms with Crippen LogP contribution in [0, 0.1) is 6.92 Å². The lowest BCUT2D eigenvalue weighted by atomic mass is 10.2. The number of benzene rings is 1. The van der Waals surface area contributed by atoms with Gasteiger partial charge in [-0.15, -0.1) is 24.0 Å². The molecule has 0 fully saturated rings. The third-order valence-electron chi connectivity index (χ3n) is 2.55. The van der Waals surface area contributed by atoms with Crippen molar-refractivity contribution in [1.29, 1.82) is 0 Å². The Morgan fingerprint density at radius 2 is 2.11 bits per heavy atom. The first-order valence-electron chi connectivity index (χ1n) is 6.46. The number of ether oxygens (including phenoxy) is 1. The third kappa shape index (κ3) is 7.92. The quantitative estimate of drug-likeness (QED) is 0.333. The molecule has 0 atom stereocenters. The summed E-state index contributed by atoms with van der Waals surface area (Å²) in [5.41, 5.74) is 6.85. The number of guanidine groups is 1. The van der Waals surface area contributed by atoms with Gasteiger partial charge in [0.15, 0.2) is 5.96 Å². The molecule has 0 aliphatic carbocycles. The van der Waals surface area contributed by atoms with Crippen molar-refractivity contribution in [3.05, 3.63) is 29.8 Å². The molecule has 0 aliphatic rings. The van der Waals surface area contributed by atoms with Gasteiger partial charge in [0.1, 0.15) is 12.4 Å². The Labute approximate surface area is 132 Å². The third-order valence-corrected chi connectivity index (χ3v) is 2.55. The summed E-state index contributed by atoms with van der Waals surface area (Å²) in [5, 5.41) is 3.03. The van der Waals surface area contributed by atoms with Crippen molar-refractivity contribution in [2.24, 2.45) is 10.7 Å².